The number of hydrogen-bond acceptors (Lipinski definition) is 3. The summed E-state index contributed by atoms with van der Waals surface area (Å²) in [5.74, 6) is 2.17. The van der Waals surface area contributed by atoms with Crippen LogP contribution in [-0.2, 0) is 6.54 Å². The fourth-order valence-electron chi connectivity index (χ4n) is 3.52. The van der Waals surface area contributed by atoms with Crippen molar-refractivity contribution < 1.29 is 4.74 Å². The molecule has 1 aliphatic carbocycles. The first-order valence-corrected chi connectivity index (χ1v) is 7.91. The molecule has 2 unspecified atom stereocenters. The van der Waals surface area contributed by atoms with E-state index in [9.17, 15) is 0 Å². The zero-order valence-corrected chi connectivity index (χ0v) is 12.9. The van der Waals surface area contributed by atoms with Gasteiger partial charge in [-0.3, -0.25) is 0 Å². The van der Waals surface area contributed by atoms with Gasteiger partial charge in [0.15, 0.2) is 0 Å². The van der Waals surface area contributed by atoms with E-state index >= 15 is 0 Å². The lowest BCUT2D eigenvalue weighted by Gasteiger charge is -2.31. The summed E-state index contributed by atoms with van der Waals surface area (Å²) in [6.07, 6.45) is 3.79. The van der Waals surface area contributed by atoms with Crippen LogP contribution in [0.4, 0.5) is 0 Å². The second-order valence-electron chi connectivity index (χ2n) is 6.51. The maximum atomic E-state index is 6.24. The third kappa shape index (κ3) is 3.18. The molecule has 3 heteroatoms. The number of pyridine rings is 1. The van der Waals surface area contributed by atoms with Crippen LogP contribution in [0.15, 0.2) is 30.3 Å². The summed E-state index contributed by atoms with van der Waals surface area (Å²) < 4.78 is 6.24. The van der Waals surface area contributed by atoms with Crippen LogP contribution in [0.25, 0.3) is 10.9 Å². The molecule has 0 spiro atoms. The molecule has 2 N–H and O–H groups in total. The summed E-state index contributed by atoms with van der Waals surface area (Å²) in [6, 6.07) is 10.2. The summed E-state index contributed by atoms with van der Waals surface area (Å²) in [7, 11) is 0. The maximum absolute atomic E-state index is 6.24. The van der Waals surface area contributed by atoms with E-state index in [-0.39, 0.29) is 6.10 Å². The third-order valence-corrected chi connectivity index (χ3v) is 4.40. The van der Waals surface area contributed by atoms with E-state index in [0.29, 0.717) is 6.54 Å². The zero-order chi connectivity index (χ0) is 14.8. The van der Waals surface area contributed by atoms with E-state index in [0.717, 1.165) is 47.0 Å². The fourth-order valence-corrected chi connectivity index (χ4v) is 3.52. The molecule has 1 aliphatic rings. The predicted molar refractivity (Wildman–Crippen MR) is 86.2 cm³/mol. The van der Waals surface area contributed by atoms with Crippen LogP contribution in [0, 0.1) is 11.8 Å². The van der Waals surface area contributed by atoms with Gasteiger partial charge < -0.3 is 10.5 Å². The second kappa shape index (κ2) is 6.02. The van der Waals surface area contributed by atoms with Crippen molar-refractivity contribution in [1.29, 1.82) is 0 Å². The molecule has 1 saturated carbocycles. The lowest BCUT2D eigenvalue weighted by molar-refractivity contribution is 0.0960. The standard InChI is InChI=1S/C18H24N2O/c1-12-7-13(2)9-16(8-12)21-18-15(11-19)10-14-5-3-4-6-17(14)20-18/h3-6,10,12-13,16H,7-9,11,19H2,1-2H3. The van der Waals surface area contributed by atoms with Crippen molar-refractivity contribution in [3.8, 4) is 5.88 Å². The van der Waals surface area contributed by atoms with E-state index in [2.05, 4.69) is 31.0 Å². The molecule has 3 nitrogen and oxygen atoms in total. The number of rotatable bonds is 3. The number of para-hydroxylation sites is 1. The minimum atomic E-state index is 0.266. The molecule has 2 atom stereocenters. The third-order valence-electron chi connectivity index (χ3n) is 4.40. The van der Waals surface area contributed by atoms with Gasteiger partial charge in [-0.25, -0.2) is 4.98 Å². The average Bonchev–Trinajstić information content (AvgIpc) is 2.45. The number of nitrogens with zero attached hydrogens (tertiary/aromatic N) is 1. The van der Waals surface area contributed by atoms with Gasteiger partial charge in [-0.15, -0.1) is 0 Å². The van der Waals surface area contributed by atoms with E-state index in [1.54, 1.807) is 0 Å². The number of hydrogen-bond donors (Lipinski definition) is 1. The quantitative estimate of drug-likeness (QED) is 0.930. The molecule has 0 saturated heterocycles. The van der Waals surface area contributed by atoms with Crippen molar-refractivity contribution in [3.05, 3.63) is 35.9 Å². The van der Waals surface area contributed by atoms with Gasteiger partial charge in [0.2, 0.25) is 5.88 Å². The first kappa shape index (κ1) is 14.3. The summed E-state index contributed by atoms with van der Waals surface area (Å²) in [4.78, 5) is 4.69. The minimum absolute atomic E-state index is 0.266. The molecule has 2 aromatic rings. The fraction of sp³-hybridized carbons (Fsp3) is 0.500. The van der Waals surface area contributed by atoms with Crippen LogP contribution in [0.5, 0.6) is 5.88 Å². The first-order chi connectivity index (χ1) is 10.2. The van der Waals surface area contributed by atoms with Crippen LogP contribution in [0.1, 0.15) is 38.7 Å². The highest BCUT2D eigenvalue weighted by atomic mass is 16.5. The molecule has 3 rings (SSSR count). The summed E-state index contributed by atoms with van der Waals surface area (Å²) in [5, 5.41) is 1.12. The Morgan fingerprint density at radius 3 is 2.57 bits per heavy atom. The molecular formula is C18H24N2O. The van der Waals surface area contributed by atoms with Gasteiger partial charge in [0.1, 0.15) is 6.10 Å². The van der Waals surface area contributed by atoms with Gasteiger partial charge in [-0.05, 0) is 43.2 Å². The first-order valence-electron chi connectivity index (χ1n) is 7.91. The van der Waals surface area contributed by atoms with Gasteiger partial charge >= 0.3 is 0 Å². The van der Waals surface area contributed by atoms with Gasteiger partial charge in [-0.1, -0.05) is 32.0 Å². The highest BCUT2D eigenvalue weighted by Gasteiger charge is 2.26. The van der Waals surface area contributed by atoms with Crippen molar-refractivity contribution in [2.75, 3.05) is 0 Å². The molecule has 1 aromatic carbocycles. The van der Waals surface area contributed by atoms with E-state index in [1.165, 1.54) is 6.42 Å². The Bertz CT molecular complexity index is 616. The molecule has 1 aromatic heterocycles. The largest absolute Gasteiger partial charge is 0.474 e. The number of ether oxygens (including phenoxy) is 1. The lowest BCUT2D eigenvalue weighted by Crippen LogP contribution is -2.29. The summed E-state index contributed by atoms with van der Waals surface area (Å²) >= 11 is 0. The molecular weight excluding hydrogens is 260 g/mol. The molecule has 1 fully saturated rings. The molecule has 0 radical (unpaired) electrons. The van der Waals surface area contributed by atoms with E-state index in [4.69, 9.17) is 10.5 Å². The molecule has 1 heterocycles. The molecule has 21 heavy (non-hydrogen) atoms. The van der Waals surface area contributed by atoms with Crippen molar-refractivity contribution >= 4 is 10.9 Å². The second-order valence-corrected chi connectivity index (χ2v) is 6.51. The van der Waals surface area contributed by atoms with Crippen LogP contribution in [0.3, 0.4) is 0 Å². The summed E-state index contributed by atoms with van der Waals surface area (Å²) in [5.41, 5.74) is 7.85. The Labute approximate surface area is 126 Å². The van der Waals surface area contributed by atoms with Crippen LogP contribution in [-0.4, -0.2) is 11.1 Å². The molecule has 0 aliphatic heterocycles. The van der Waals surface area contributed by atoms with Gasteiger partial charge in [0, 0.05) is 17.5 Å². The topological polar surface area (TPSA) is 48.1 Å². The Hall–Kier alpha value is -1.61. The average molecular weight is 284 g/mol. The number of fused-ring (bicyclic) bond motifs is 1. The SMILES string of the molecule is CC1CC(C)CC(Oc2nc3ccccc3cc2CN)C1. The Balaban J connectivity index is 1.88. The van der Waals surface area contributed by atoms with E-state index < -0.39 is 0 Å². The highest BCUT2D eigenvalue weighted by Crippen LogP contribution is 2.32. The van der Waals surface area contributed by atoms with Crippen LogP contribution < -0.4 is 10.5 Å². The maximum Gasteiger partial charge on any atom is 0.218 e. The molecule has 0 bridgehead atoms. The highest BCUT2D eigenvalue weighted by molar-refractivity contribution is 5.80. The van der Waals surface area contributed by atoms with Crippen LogP contribution in [0.2, 0.25) is 0 Å². The van der Waals surface area contributed by atoms with Gasteiger partial charge in [-0.2, -0.15) is 0 Å². The smallest absolute Gasteiger partial charge is 0.218 e. The van der Waals surface area contributed by atoms with Crippen molar-refractivity contribution in [2.45, 2.75) is 45.8 Å². The lowest BCUT2D eigenvalue weighted by atomic mass is 9.82. The summed E-state index contributed by atoms with van der Waals surface area (Å²) in [6.45, 7) is 5.08. The number of nitrogens with two attached hydrogens (primary N) is 1. The number of aromatic nitrogens is 1. The van der Waals surface area contributed by atoms with E-state index in [1.807, 2.05) is 18.2 Å². The zero-order valence-electron chi connectivity index (χ0n) is 12.9. The van der Waals surface area contributed by atoms with Gasteiger partial charge in [0.25, 0.3) is 0 Å². The van der Waals surface area contributed by atoms with Gasteiger partial charge in [0.05, 0.1) is 5.52 Å². The van der Waals surface area contributed by atoms with Crippen molar-refractivity contribution in [2.24, 2.45) is 17.6 Å². The number of benzene rings is 1. The normalized spacial score (nSPS) is 26.0. The molecule has 0 amide bonds. The van der Waals surface area contributed by atoms with Crippen molar-refractivity contribution in [3.63, 3.8) is 0 Å². The van der Waals surface area contributed by atoms with Crippen molar-refractivity contribution in [1.82, 2.24) is 4.98 Å². The van der Waals surface area contributed by atoms with Crippen LogP contribution >= 0.6 is 0 Å². The Morgan fingerprint density at radius 1 is 1.14 bits per heavy atom. The monoisotopic (exact) mass is 284 g/mol. The Kier molecular flexibility index (Phi) is 4.11. The Morgan fingerprint density at radius 2 is 1.86 bits per heavy atom. The minimum Gasteiger partial charge on any atom is -0.474 e. The predicted octanol–water partition coefficient (Wildman–Crippen LogP) is 3.90. The molecule has 112 valence electrons.